The molecule has 1 heterocycles. The average Bonchev–Trinajstić information content (AvgIpc) is 2.51. The van der Waals surface area contributed by atoms with E-state index in [1.54, 1.807) is 24.3 Å². The third-order valence-electron chi connectivity index (χ3n) is 3.23. The number of ether oxygens (including phenoxy) is 1. The van der Waals surface area contributed by atoms with E-state index in [-0.39, 0.29) is 30.5 Å². The minimum Gasteiger partial charge on any atom is -0.469 e. The first-order valence-electron chi connectivity index (χ1n) is 7.27. The normalized spacial score (nSPS) is 10.8. The molecule has 2 aromatic rings. The second-order valence-electron chi connectivity index (χ2n) is 5.43. The van der Waals surface area contributed by atoms with Crippen molar-refractivity contribution in [1.29, 1.82) is 0 Å². The largest absolute Gasteiger partial charge is 0.469 e. The van der Waals surface area contributed by atoms with Crippen LogP contribution in [0.25, 0.3) is 10.8 Å². The number of methoxy groups -OCH3 is 1. The number of benzene rings is 1. The number of hydrogen-bond donors (Lipinski definition) is 1. The highest BCUT2D eigenvalue weighted by atomic mass is 16.5. The Balaban J connectivity index is 2.48. The fourth-order valence-electron chi connectivity index (χ4n) is 2.26. The van der Waals surface area contributed by atoms with Gasteiger partial charge in [0.05, 0.1) is 24.6 Å². The minimum atomic E-state index is -0.459. The Morgan fingerprint density at radius 1 is 1.26 bits per heavy atom. The van der Waals surface area contributed by atoms with Crippen LogP contribution in [0.4, 0.5) is 0 Å². The van der Waals surface area contributed by atoms with Gasteiger partial charge in [0.2, 0.25) is 5.91 Å². The number of carbonyl (C=O) groups excluding carboxylic acids is 2. The summed E-state index contributed by atoms with van der Waals surface area (Å²) in [6.45, 7) is 3.46. The maximum atomic E-state index is 12.5. The Morgan fingerprint density at radius 2 is 1.91 bits per heavy atom. The molecule has 0 saturated heterocycles. The Labute approximate surface area is 133 Å². The Kier molecular flexibility index (Phi) is 5.10. The standard InChI is InChI=1S/C16H19N3O4/c1-10(2)17-14(20)9-19-16(22)12-7-5-4-6-11(12)13(18-19)8-15(21)23-3/h4-7,10H,8-9H2,1-3H3,(H,17,20). The van der Waals surface area contributed by atoms with Crippen LogP contribution in [0.1, 0.15) is 19.5 Å². The van der Waals surface area contributed by atoms with Crippen LogP contribution in [0.3, 0.4) is 0 Å². The number of carbonyl (C=O) groups is 2. The van der Waals surface area contributed by atoms with Gasteiger partial charge in [0, 0.05) is 11.4 Å². The molecule has 7 nitrogen and oxygen atoms in total. The number of hydrogen-bond acceptors (Lipinski definition) is 5. The second-order valence-corrected chi connectivity index (χ2v) is 5.43. The van der Waals surface area contributed by atoms with Gasteiger partial charge in [-0.3, -0.25) is 14.4 Å². The third-order valence-corrected chi connectivity index (χ3v) is 3.23. The van der Waals surface area contributed by atoms with Crippen LogP contribution in [0.15, 0.2) is 29.1 Å². The minimum absolute atomic E-state index is 0.0341. The highest BCUT2D eigenvalue weighted by molar-refractivity contribution is 5.87. The molecule has 0 spiro atoms. The predicted octanol–water partition coefficient (Wildman–Crippen LogP) is 0.637. The van der Waals surface area contributed by atoms with Crippen molar-refractivity contribution in [3.63, 3.8) is 0 Å². The molecule has 2 rings (SSSR count). The van der Waals surface area contributed by atoms with Crippen molar-refractivity contribution < 1.29 is 14.3 Å². The summed E-state index contributed by atoms with van der Waals surface area (Å²) in [5, 5.41) is 7.89. The molecule has 0 bridgehead atoms. The van der Waals surface area contributed by atoms with Gasteiger partial charge >= 0.3 is 5.97 Å². The van der Waals surface area contributed by atoms with Crippen LogP contribution in [0.2, 0.25) is 0 Å². The summed E-state index contributed by atoms with van der Waals surface area (Å²) < 4.78 is 5.74. The molecule has 1 aromatic heterocycles. The summed E-state index contributed by atoms with van der Waals surface area (Å²) in [7, 11) is 1.29. The first kappa shape index (κ1) is 16.7. The van der Waals surface area contributed by atoms with Gasteiger partial charge in [-0.25, -0.2) is 4.68 Å². The SMILES string of the molecule is COC(=O)Cc1nn(CC(=O)NC(C)C)c(=O)c2ccccc12. The molecule has 0 saturated carbocycles. The van der Waals surface area contributed by atoms with E-state index < -0.39 is 5.97 Å². The van der Waals surface area contributed by atoms with E-state index in [9.17, 15) is 14.4 Å². The van der Waals surface area contributed by atoms with E-state index in [2.05, 4.69) is 15.2 Å². The number of fused-ring (bicyclic) bond motifs is 1. The van der Waals surface area contributed by atoms with Gasteiger partial charge in [0.25, 0.3) is 5.56 Å². The van der Waals surface area contributed by atoms with E-state index in [1.165, 1.54) is 7.11 Å². The topological polar surface area (TPSA) is 90.3 Å². The van der Waals surface area contributed by atoms with Crippen molar-refractivity contribution in [1.82, 2.24) is 15.1 Å². The Hall–Kier alpha value is -2.70. The van der Waals surface area contributed by atoms with Crippen LogP contribution in [0, 0.1) is 0 Å². The molecule has 0 aliphatic carbocycles. The second kappa shape index (κ2) is 7.04. The maximum absolute atomic E-state index is 12.5. The molecular weight excluding hydrogens is 298 g/mol. The molecule has 1 aromatic carbocycles. The molecule has 1 amide bonds. The van der Waals surface area contributed by atoms with Crippen molar-refractivity contribution in [2.75, 3.05) is 7.11 Å². The average molecular weight is 317 g/mol. The zero-order valence-electron chi connectivity index (χ0n) is 13.3. The molecule has 0 fully saturated rings. The maximum Gasteiger partial charge on any atom is 0.311 e. The predicted molar refractivity (Wildman–Crippen MR) is 85.0 cm³/mol. The fraction of sp³-hybridized carbons (Fsp3) is 0.375. The lowest BCUT2D eigenvalue weighted by Gasteiger charge is -2.12. The molecule has 7 heteroatoms. The molecule has 0 atom stereocenters. The zero-order valence-corrected chi connectivity index (χ0v) is 13.3. The lowest BCUT2D eigenvalue weighted by molar-refractivity contribution is -0.139. The van der Waals surface area contributed by atoms with Crippen LogP contribution < -0.4 is 10.9 Å². The molecular formula is C16H19N3O4. The van der Waals surface area contributed by atoms with Crippen LogP contribution in [0.5, 0.6) is 0 Å². The fourth-order valence-corrected chi connectivity index (χ4v) is 2.26. The molecule has 1 N–H and O–H groups in total. The summed E-state index contributed by atoms with van der Waals surface area (Å²) >= 11 is 0. The summed E-state index contributed by atoms with van der Waals surface area (Å²) in [6.07, 6.45) is -0.0664. The molecule has 23 heavy (non-hydrogen) atoms. The molecule has 0 radical (unpaired) electrons. The van der Waals surface area contributed by atoms with Crippen LogP contribution in [-0.2, 0) is 27.3 Å². The van der Waals surface area contributed by atoms with Gasteiger partial charge in [-0.2, -0.15) is 5.10 Å². The highest BCUT2D eigenvalue weighted by Crippen LogP contribution is 2.14. The van der Waals surface area contributed by atoms with Crippen molar-refractivity contribution in [3.8, 4) is 0 Å². The highest BCUT2D eigenvalue weighted by Gasteiger charge is 2.15. The van der Waals surface area contributed by atoms with Crippen molar-refractivity contribution in [3.05, 3.63) is 40.3 Å². The lowest BCUT2D eigenvalue weighted by Crippen LogP contribution is -2.37. The number of aromatic nitrogens is 2. The summed E-state index contributed by atoms with van der Waals surface area (Å²) in [4.78, 5) is 35.9. The van der Waals surface area contributed by atoms with E-state index in [0.29, 0.717) is 16.5 Å². The first-order chi connectivity index (χ1) is 10.9. The Morgan fingerprint density at radius 3 is 2.52 bits per heavy atom. The number of nitrogens with one attached hydrogen (secondary N) is 1. The monoisotopic (exact) mass is 317 g/mol. The third kappa shape index (κ3) is 3.94. The van der Waals surface area contributed by atoms with Crippen molar-refractivity contribution in [2.45, 2.75) is 32.9 Å². The van der Waals surface area contributed by atoms with Crippen LogP contribution in [-0.4, -0.2) is 34.8 Å². The number of amides is 1. The summed E-state index contributed by atoms with van der Waals surface area (Å²) in [5.41, 5.74) is 0.0394. The van der Waals surface area contributed by atoms with Gasteiger partial charge in [0.1, 0.15) is 6.54 Å². The number of nitrogens with zero attached hydrogens (tertiary/aromatic N) is 2. The smallest absolute Gasteiger partial charge is 0.311 e. The number of esters is 1. The van der Waals surface area contributed by atoms with E-state index >= 15 is 0 Å². The van der Waals surface area contributed by atoms with Gasteiger partial charge in [-0.15, -0.1) is 0 Å². The quantitative estimate of drug-likeness (QED) is 0.817. The molecule has 122 valence electrons. The zero-order chi connectivity index (χ0) is 17.0. The van der Waals surface area contributed by atoms with E-state index in [1.807, 2.05) is 13.8 Å². The van der Waals surface area contributed by atoms with Gasteiger partial charge in [-0.1, -0.05) is 18.2 Å². The molecule has 0 unspecified atom stereocenters. The molecule has 0 aliphatic heterocycles. The first-order valence-corrected chi connectivity index (χ1v) is 7.27. The van der Waals surface area contributed by atoms with Crippen LogP contribution >= 0.6 is 0 Å². The van der Waals surface area contributed by atoms with E-state index in [4.69, 9.17) is 0 Å². The van der Waals surface area contributed by atoms with Gasteiger partial charge in [0.15, 0.2) is 0 Å². The number of rotatable bonds is 5. The summed E-state index contributed by atoms with van der Waals surface area (Å²) in [5.74, 6) is -0.770. The van der Waals surface area contributed by atoms with Crippen molar-refractivity contribution >= 4 is 22.6 Å². The van der Waals surface area contributed by atoms with Crippen molar-refractivity contribution in [2.24, 2.45) is 0 Å². The molecule has 0 aliphatic rings. The van der Waals surface area contributed by atoms with E-state index in [0.717, 1.165) is 4.68 Å². The van der Waals surface area contributed by atoms with Gasteiger partial charge in [-0.05, 0) is 19.9 Å². The lowest BCUT2D eigenvalue weighted by atomic mass is 10.1. The van der Waals surface area contributed by atoms with Gasteiger partial charge < -0.3 is 10.1 Å². The summed E-state index contributed by atoms with van der Waals surface area (Å²) in [6, 6.07) is 6.83. The Bertz CT molecular complexity index is 796.